The van der Waals surface area contributed by atoms with Crippen molar-refractivity contribution < 1.29 is 9.59 Å². The van der Waals surface area contributed by atoms with Gasteiger partial charge in [0, 0.05) is 23.2 Å². The number of nitrogens with one attached hydrogen (secondary N) is 2. The van der Waals surface area contributed by atoms with Crippen LogP contribution in [0.3, 0.4) is 0 Å². The van der Waals surface area contributed by atoms with Crippen molar-refractivity contribution in [2.24, 2.45) is 11.3 Å². The highest BCUT2D eigenvalue weighted by molar-refractivity contribution is 5.98. The topological polar surface area (TPSA) is 58.2 Å². The third kappa shape index (κ3) is 5.03. The summed E-state index contributed by atoms with van der Waals surface area (Å²) in [5, 5.41) is 5.68. The monoisotopic (exact) mass is 276 g/mol. The Morgan fingerprint density at radius 1 is 1.20 bits per heavy atom. The Labute approximate surface area is 121 Å². The van der Waals surface area contributed by atoms with Gasteiger partial charge in [-0.15, -0.1) is 0 Å². The Kier molecular flexibility index (Phi) is 5.31. The zero-order valence-electron chi connectivity index (χ0n) is 12.9. The molecule has 0 aliphatic heterocycles. The molecule has 0 fully saturated rings. The summed E-state index contributed by atoms with van der Waals surface area (Å²) in [4.78, 5) is 23.9. The maximum atomic E-state index is 12.0. The smallest absolute Gasteiger partial charge is 0.251 e. The van der Waals surface area contributed by atoms with Gasteiger partial charge in [-0.05, 0) is 24.1 Å². The Hall–Kier alpha value is -1.84. The van der Waals surface area contributed by atoms with Gasteiger partial charge in [-0.2, -0.15) is 0 Å². The van der Waals surface area contributed by atoms with Gasteiger partial charge in [-0.1, -0.05) is 40.7 Å². The average Bonchev–Trinajstić information content (AvgIpc) is 2.35. The SMILES string of the molecule is CC(C)CNC(=O)c1cccc(NC(=O)C(C)(C)C)c1. The van der Waals surface area contributed by atoms with Crippen LogP contribution in [0.4, 0.5) is 5.69 Å². The van der Waals surface area contributed by atoms with Crippen molar-refractivity contribution in [2.75, 3.05) is 11.9 Å². The van der Waals surface area contributed by atoms with Crippen LogP contribution in [0.25, 0.3) is 0 Å². The highest BCUT2D eigenvalue weighted by Crippen LogP contribution is 2.18. The quantitative estimate of drug-likeness (QED) is 0.888. The molecule has 0 aromatic heterocycles. The van der Waals surface area contributed by atoms with Gasteiger partial charge in [-0.3, -0.25) is 9.59 Å². The summed E-state index contributed by atoms with van der Waals surface area (Å²) < 4.78 is 0. The molecule has 0 radical (unpaired) electrons. The van der Waals surface area contributed by atoms with Crippen molar-refractivity contribution in [3.8, 4) is 0 Å². The molecule has 20 heavy (non-hydrogen) atoms. The molecular weight excluding hydrogens is 252 g/mol. The number of carbonyl (C=O) groups excluding carboxylic acids is 2. The maximum absolute atomic E-state index is 12.0. The van der Waals surface area contributed by atoms with Crippen LogP contribution >= 0.6 is 0 Å². The van der Waals surface area contributed by atoms with Crippen LogP contribution in [-0.2, 0) is 4.79 Å². The molecule has 1 rings (SSSR count). The van der Waals surface area contributed by atoms with E-state index in [1.807, 2.05) is 34.6 Å². The van der Waals surface area contributed by atoms with Gasteiger partial charge in [0.1, 0.15) is 0 Å². The molecule has 2 N–H and O–H groups in total. The van der Waals surface area contributed by atoms with Crippen molar-refractivity contribution in [2.45, 2.75) is 34.6 Å². The van der Waals surface area contributed by atoms with E-state index in [0.29, 0.717) is 23.7 Å². The summed E-state index contributed by atoms with van der Waals surface area (Å²) in [5.74, 6) is 0.213. The highest BCUT2D eigenvalue weighted by atomic mass is 16.2. The first-order valence-corrected chi connectivity index (χ1v) is 6.90. The Balaban J connectivity index is 2.76. The van der Waals surface area contributed by atoms with Gasteiger partial charge in [0.25, 0.3) is 5.91 Å². The molecule has 0 heterocycles. The predicted molar refractivity (Wildman–Crippen MR) is 81.7 cm³/mol. The fraction of sp³-hybridized carbons (Fsp3) is 0.500. The Bertz CT molecular complexity index is 487. The van der Waals surface area contributed by atoms with E-state index in [1.54, 1.807) is 24.3 Å². The lowest BCUT2D eigenvalue weighted by atomic mass is 9.95. The average molecular weight is 276 g/mol. The van der Waals surface area contributed by atoms with E-state index in [9.17, 15) is 9.59 Å². The van der Waals surface area contributed by atoms with E-state index >= 15 is 0 Å². The predicted octanol–water partition coefficient (Wildman–Crippen LogP) is 3.06. The standard InChI is InChI=1S/C16H24N2O2/c1-11(2)10-17-14(19)12-7-6-8-13(9-12)18-15(20)16(3,4)5/h6-9,11H,10H2,1-5H3,(H,17,19)(H,18,20). The van der Waals surface area contributed by atoms with Crippen molar-refractivity contribution in [1.29, 1.82) is 0 Å². The Morgan fingerprint density at radius 3 is 2.40 bits per heavy atom. The van der Waals surface area contributed by atoms with Crippen LogP contribution in [0.5, 0.6) is 0 Å². The van der Waals surface area contributed by atoms with Gasteiger partial charge in [0.05, 0.1) is 0 Å². The number of benzene rings is 1. The summed E-state index contributed by atoms with van der Waals surface area (Å²) in [6.07, 6.45) is 0. The van der Waals surface area contributed by atoms with E-state index in [2.05, 4.69) is 10.6 Å². The van der Waals surface area contributed by atoms with Crippen LogP contribution in [0.2, 0.25) is 0 Å². The normalized spacial score (nSPS) is 11.3. The Morgan fingerprint density at radius 2 is 1.85 bits per heavy atom. The summed E-state index contributed by atoms with van der Waals surface area (Å²) in [6, 6.07) is 6.98. The van der Waals surface area contributed by atoms with Crippen LogP contribution < -0.4 is 10.6 Å². The van der Waals surface area contributed by atoms with Crippen molar-refractivity contribution in [1.82, 2.24) is 5.32 Å². The molecule has 0 aliphatic carbocycles. The zero-order chi connectivity index (χ0) is 15.3. The highest BCUT2D eigenvalue weighted by Gasteiger charge is 2.21. The lowest BCUT2D eigenvalue weighted by molar-refractivity contribution is -0.123. The first kappa shape index (κ1) is 16.2. The van der Waals surface area contributed by atoms with Crippen LogP contribution in [-0.4, -0.2) is 18.4 Å². The van der Waals surface area contributed by atoms with Crippen molar-refractivity contribution >= 4 is 17.5 Å². The molecule has 1 aromatic carbocycles. The summed E-state index contributed by atoms with van der Waals surface area (Å²) in [6.45, 7) is 10.3. The number of carbonyl (C=O) groups is 2. The minimum absolute atomic E-state index is 0.0720. The number of anilines is 1. The molecule has 0 unspecified atom stereocenters. The van der Waals surface area contributed by atoms with Crippen molar-refractivity contribution in [3.05, 3.63) is 29.8 Å². The zero-order valence-corrected chi connectivity index (χ0v) is 12.9. The molecular formula is C16H24N2O2. The van der Waals surface area contributed by atoms with Gasteiger partial charge < -0.3 is 10.6 Å². The molecule has 0 bridgehead atoms. The molecule has 0 saturated carbocycles. The van der Waals surface area contributed by atoms with Crippen molar-refractivity contribution in [3.63, 3.8) is 0 Å². The first-order valence-electron chi connectivity index (χ1n) is 6.90. The molecule has 4 nitrogen and oxygen atoms in total. The molecule has 0 aliphatic rings. The lowest BCUT2D eigenvalue weighted by Crippen LogP contribution is -2.29. The van der Waals surface area contributed by atoms with Crippen LogP contribution in [0.1, 0.15) is 45.0 Å². The van der Waals surface area contributed by atoms with Gasteiger partial charge in [0.15, 0.2) is 0 Å². The molecule has 0 saturated heterocycles. The molecule has 0 atom stereocenters. The van der Waals surface area contributed by atoms with E-state index < -0.39 is 5.41 Å². The number of rotatable bonds is 4. The summed E-state index contributed by atoms with van der Waals surface area (Å²) in [7, 11) is 0. The van der Waals surface area contributed by atoms with E-state index in [-0.39, 0.29) is 11.8 Å². The molecule has 0 spiro atoms. The minimum atomic E-state index is -0.462. The summed E-state index contributed by atoms with van der Waals surface area (Å²) >= 11 is 0. The molecule has 110 valence electrons. The second kappa shape index (κ2) is 6.55. The second-order valence-corrected chi connectivity index (χ2v) is 6.39. The third-order valence-electron chi connectivity index (χ3n) is 2.73. The summed E-state index contributed by atoms with van der Waals surface area (Å²) in [5.41, 5.74) is 0.732. The van der Waals surface area contributed by atoms with Gasteiger partial charge in [-0.25, -0.2) is 0 Å². The van der Waals surface area contributed by atoms with E-state index in [4.69, 9.17) is 0 Å². The largest absolute Gasteiger partial charge is 0.352 e. The fourth-order valence-corrected chi connectivity index (χ4v) is 1.46. The van der Waals surface area contributed by atoms with Crippen LogP contribution in [0.15, 0.2) is 24.3 Å². The van der Waals surface area contributed by atoms with Gasteiger partial charge in [0.2, 0.25) is 5.91 Å². The number of hydrogen-bond donors (Lipinski definition) is 2. The molecule has 4 heteroatoms. The lowest BCUT2D eigenvalue weighted by Gasteiger charge is -2.18. The van der Waals surface area contributed by atoms with E-state index in [1.165, 1.54) is 0 Å². The van der Waals surface area contributed by atoms with Gasteiger partial charge >= 0.3 is 0 Å². The first-order chi connectivity index (χ1) is 9.20. The minimum Gasteiger partial charge on any atom is -0.352 e. The number of amides is 2. The van der Waals surface area contributed by atoms with Crippen LogP contribution in [0, 0.1) is 11.3 Å². The maximum Gasteiger partial charge on any atom is 0.251 e. The molecule has 1 aromatic rings. The third-order valence-corrected chi connectivity index (χ3v) is 2.73. The molecule has 2 amide bonds. The number of hydrogen-bond acceptors (Lipinski definition) is 2. The second-order valence-electron chi connectivity index (χ2n) is 6.39. The fourth-order valence-electron chi connectivity index (χ4n) is 1.46. The van der Waals surface area contributed by atoms with E-state index in [0.717, 1.165) is 0 Å².